The van der Waals surface area contributed by atoms with Crippen molar-refractivity contribution >= 4 is 24.0 Å². The lowest BCUT2D eigenvalue weighted by Gasteiger charge is -2.04. The molecule has 0 aliphatic heterocycles. The molecule has 0 unspecified atom stereocenters. The summed E-state index contributed by atoms with van der Waals surface area (Å²) in [7, 11) is 0. The molecule has 0 radical (unpaired) electrons. The van der Waals surface area contributed by atoms with Gasteiger partial charge in [0.25, 0.3) is 0 Å². The van der Waals surface area contributed by atoms with Gasteiger partial charge < -0.3 is 10.6 Å². The van der Waals surface area contributed by atoms with Gasteiger partial charge in [-0.2, -0.15) is 0 Å². The van der Waals surface area contributed by atoms with Crippen LogP contribution < -0.4 is 10.6 Å². The first-order valence-corrected chi connectivity index (χ1v) is 9.58. The van der Waals surface area contributed by atoms with Crippen molar-refractivity contribution in [2.45, 2.75) is 26.7 Å². The average Bonchev–Trinajstić information content (AvgIpc) is 2.69. The number of carbonyl (C=O) groups excluding carboxylic acids is 2. The summed E-state index contributed by atoms with van der Waals surface area (Å²) < 4.78 is 0. The minimum absolute atomic E-state index is 0.106. The minimum atomic E-state index is -0.106. The molecule has 0 aliphatic rings. The molecule has 2 aromatic rings. The van der Waals surface area contributed by atoms with Crippen molar-refractivity contribution in [2.75, 3.05) is 13.1 Å². The number of benzene rings is 2. The quantitative estimate of drug-likeness (QED) is 0.512. The van der Waals surface area contributed by atoms with E-state index >= 15 is 0 Å². The maximum Gasteiger partial charge on any atom is 0.243 e. The van der Waals surface area contributed by atoms with E-state index in [9.17, 15) is 9.59 Å². The Labute approximate surface area is 167 Å². The molecule has 0 heterocycles. The molecule has 4 nitrogen and oxygen atoms in total. The molecule has 0 aliphatic carbocycles. The summed E-state index contributed by atoms with van der Waals surface area (Å²) in [6.45, 7) is 5.24. The smallest absolute Gasteiger partial charge is 0.243 e. The maximum absolute atomic E-state index is 11.8. The normalized spacial score (nSPS) is 11.1. The zero-order valence-corrected chi connectivity index (χ0v) is 16.6. The Kier molecular flexibility index (Phi) is 8.73. The molecular weight excluding hydrogens is 348 g/mol. The highest BCUT2D eigenvalue weighted by molar-refractivity contribution is 5.92. The minimum Gasteiger partial charge on any atom is -0.353 e. The Morgan fingerprint density at radius 1 is 0.679 bits per heavy atom. The molecule has 2 rings (SSSR count). The van der Waals surface area contributed by atoms with Crippen LogP contribution in [0.15, 0.2) is 60.7 Å². The molecule has 0 bridgehead atoms. The van der Waals surface area contributed by atoms with Crippen LogP contribution in [0.5, 0.6) is 0 Å². The van der Waals surface area contributed by atoms with Gasteiger partial charge in [0.2, 0.25) is 11.8 Å². The number of rotatable bonds is 9. The van der Waals surface area contributed by atoms with Crippen molar-refractivity contribution in [1.29, 1.82) is 0 Å². The van der Waals surface area contributed by atoms with E-state index in [0.29, 0.717) is 13.1 Å². The van der Waals surface area contributed by atoms with Gasteiger partial charge in [-0.05, 0) is 50.0 Å². The first kappa shape index (κ1) is 21.2. The lowest BCUT2D eigenvalue weighted by atomic mass is 10.1. The van der Waals surface area contributed by atoms with Gasteiger partial charge in [-0.3, -0.25) is 9.59 Å². The largest absolute Gasteiger partial charge is 0.353 e. The fraction of sp³-hybridized carbons (Fsp3) is 0.250. The van der Waals surface area contributed by atoms with E-state index in [4.69, 9.17) is 0 Å². The van der Waals surface area contributed by atoms with Gasteiger partial charge in [-0.1, -0.05) is 59.7 Å². The summed E-state index contributed by atoms with van der Waals surface area (Å²) in [6, 6.07) is 16.0. The fourth-order valence-electron chi connectivity index (χ4n) is 2.49. The molecule has 0 spiro atoms. The maximum atomic E-state index is 11.8. The van der Waals surface area contributed by atoms with Crippen LogP contribution >= 0.6 is 0 Å². The highest BCUT2D eigenvalue weighted by atomic mass is 16.2. The second-order valence-corrected chi connectivity index (χ2v) is 6.78. The molecule has 4 heteroatoms. The first-order valence-electron chi connectivity index (χ1n) is 9.58. The average molecular weight is 377 g/mol. The molecule has 0 aromatic heterocycles. The van der Waals surface area contributed by atoms with Gasteiger partial charge in [0.1, 0.15) is 0 Å². The second kappa shape index (κ2) is 11.5. The van der Waals surface area contributed by atoms with Crippen LogP contribution in [0, 0.1) is 13.8 Å². The molecule has 0 atom stereocenters. The zero-order chi connectivity index (χ0) is 20.2. The molecular formula is C24H28N2O2. The van der Waals surface area contributed by atoms with Gasteiger partial charge in [-0.25, -0.2) is 0 Å². The van der Waals surface area contributed by atoms with Gasteiger partial charge >= 0.3 is 0 Å². The second-order valence-electron chi connectivity index (χ2n) is 6.78. The summed E-state index contributed by atoms with van der Waals surface area (Å²) in [5.41, 5.74) is 4.39. The lowest BCUT2D eigenvalue weighted by molar-refractivity contribution is -0.117. The molecule has 2 N–H and O–H groups in total. The van der Waals surface area contributed by atoms with Crippen molar-refractivity contribution in [3.63, 3.8) is 0 Å². The van der Waals surface area contributed by atoms with E-state index in [1.807, 2.05) is 62.4 Å². The Balaban J connectivity index is 1.56. The van der Waals surface area contributed by atoms with E-state index < -0.39 is 0 Å². The van der Waals surface area contributed by atoms with E-state index in [0.717, 1.165) is 24.0 Å². The summed E-state index contributed by atoms with van der Waals surface area (Å²) in [6.07, 6.45) is 8.31. The Morgan fingerprint density at radius 3 is 1.39 bits per heavy atom. The number of nitrogens with one attached hydrogen (secondary N) is 2. The van der Waals surface area contributed by atoms with E-state index in [1.54, 1.807) is 24.3 Å². The molecule has 0 fully saturated rings. The number of hydrogen-bond donors (Lipinski definition) is 2. The van der Waals surface area contributed by atoms with Crippen molar-refractivity contribution < 1.29 is 9.59 Å². The van der Waals surface area contributed by atoms with Crippen LogP contribution in [0.1, 0.15) is 35.1 Å². The Hall–Kier alpha value is -3.14. The summed E-state index contributed by atoms with van der Waals surface area (Å²) in [5, 5.41) is 5.70. The van der Waals surface area contributed by atoms with Crippen molar-refractivity contribution in [2.24, 2.45) is 0 Å². The third-order valence-corrected chi connectivity index (χ3v) is 4.21. The molecule has 2 aromatic carbocycles. The molecule has 146 valence electrons. The van der Waals surface area contributed by atoms with Gasteiger partial charge in [-0.15, -0.1) is 0 Å². The van der Waals surface area contributed by atoms with Crippen LogP contribution in [0.3, 0.4) is 0 Å². The van der Waals surface area contributed by atoms with Crippen LogP contribution in [0.4, 0.5) is 0 Å². The number of aryl methyl sites for hydroxylation is 2. The van der Waals surface area contributed by atoms with Crippen LogP contribution in [-0.2, 0) is 9.59 Å². The van der Waals surface area contributed by atoms with Gasteiger partial charge in [0, 0.05) is 25.2 Å². The third kappa shape index (κ3) is 8.49. The lowest BCUT2D eigenvalue weighted by Crippen LogP contribution is -2.25. The number of carbonyl (C=O) groups is 2. The van der Waals surface area contributed by atoms with Gasteiger partial charge in [0.15, 0.2) is 0 Å². The number of unbranched alkanes of at least 4 members (excludes halogenated alkanes) is 1. The predicted molar refractivity (Wildman–Crippen MR) is 116 cm³/mol. The standard InChI is InChI=1S/C24H28N2O2/c1-19-5-9-21(10-6-19)13-15-23(27)25-17-3-4-18-26-24(28)16-14-22-11-7-20(2)8-12-22/h5-16H,3-4,17-18H2,1-2H3,(H,25,27)(H,26,28). The first-order chi connectivity index (χ1) is 13.5. The molecule has 0 saturated heterocycles. The van der Waals surface area contributed by atoms with Crippen molar-refractivity contribution in [3.05, 3.63) is 82.9 Å². The van der Waals surface area contributed by atoms with E-state index in [1.165, 1.54) is 11.1 Å². The molecule has 0 saturated carbocycles. The molecule has 2 amide bonds. The topological polar surface area (TPSA) is 58.2 Å². The van der Waals surface area contributed by atoms with Gasteiger partial charge in [0.05, 0.1) is 0 Å². The summed E-state index contributed by atoms with van der Waals surface area (Å²) in [4.78, 5) is 23.6. The van der Waals surface area contributed by atoms with Crippen LogP contribution in [-0.4, -0.2) is 24.9 Å². The number of hydrogen-bond acceptors (Lipinski definition) is 2. The van der Waals surface area contributed by atoms with Crippen LogP contribution in [0.25, 0.3) is 12.2 Å². The van der Waals surface area contributed by atoms with Crippen LogP contribution in [0.2, 0.25) is 0 Å². The third-order valence-electron chi connectivity index (χ3n) is 4.21. The van der Waals surface area contributed by atoms with Crippen molar-refractivity contribution in [1.82, 2.24) is 10.6 Å². The highest BCUT2D eigenvalue weighted by Crippen LogP contribution is 2.05. The van der Waals surface area contributed by atoms with E-state index in [2.05, 4.69) is 10.6 Å². The van der Waals surface area contributed by atoms with Crippen molar-refractivity contribution in [3.8, 4) is 0 Å². The summed E-state index contributed by atoms with van der Waals surface area (Å²) >= 11 is 0. The fourth-order valence-corrected chi connectivity index (χ4v) is 2.49. The predicted octanol–water partition coefficient (Wildman–Crippen LogP) is 4.04. The Bertz CT molecular complexity index is 747. The highest BCUT2D eigenvalue weighted by Gasteiger charge is 1.97. The number of amides is 2. The zero-order valence-electron chi connectivity index (χ0n) is 16.6. The molecule has 28 heavy (non-hydrogen) atoms. The summed E-state index contributed by atoms with van der Waals surface area (Å²) in [5.74, 6) is -0.212. The van der Waals surface area contributed by atoms with E-state index in [-0.39, 0.29) is 11.8 Å². The Morgan fingerprint density at radius 2 is 1.04 bits per heavy atom. The monoisotopic (exact) mass is 376 g/mol. The SMILES string of the molecule is Cc1ccc(C=CC(=O)NCCCCNC(=O)C=Cc2ccc(C)cc2)cc1.